The minimum Gasteiger partial charge on any atom is -0.388 e. The van der Waals surface area contributed by atoms with Gasteiger partial charge in [-0.05, 0) is 25.7 Å². The van der Waals surface area contributed by atoms with Crippen molar-refractivity contribution in [3.63, 3.8) is 0 Å². The third-order valence-corrected chi connectivity index (χ3v) is 3.32. The van der Waals surface area contributed by atoms with Gasteiger partial charge >= 0.3 is 0 Å². The predicted molar refractivity (Wildman–Crippen MR) is 56.9 cm³/mol. The van der Waals surface area contributed by atoms with E-state index in [4.69, 9.17) is 4.74 Å². The fourth-order valence-corrected chi connectivity index (χ4v) is 2.37. The van der Waals surface area contributed by atoms with Gasteiger partial charge in [-0.1, -0.05) is 0 Å². The number of aliphatic hydroxyl groups is 1. The van der Waals surface area contributed by atoms with Crippen LogP contribution in [0.25, 0.3) is 0 Å². The third kappa shape index (κ3) is 1.85. The predicted octanol–water partition coefficient (Wildman–Crippen LogP) is 0.827. The van der Waals surface area contributed by atoms with Crippen LogP contribution >= 0.6 is 0 Å². The molecule has 0 spiro atoms. The second-order valence-electron chi connectivity index (χ2n) is 4.63. The first-order valence-electron chi connectivity index (χ1n) is 6.03. The molecule has 0 bridgehead atoms. The van der Waals surface area contributed by atoms with E-state index in [1.165, 1.54) is 12.8 Å². The molecule has 1 saturated heterocycles. The van der Waals surface area contributed by atoms with Crippen LogP contribution in [0.4, 0.5) is 0 Å². The average Bonchev–Trinajstić information content (AvgIpc) is 2.86. The van der Waals surface area contributed by atoms with Crippen molar-refractivity contribution >= 4 is 0 Å². The smallest absolute Gasteiger partial charge is 0.159 e. The van der Waals surface area contributed by atoms with Crippen molar-refractivity contribution in [1.29, 1.82) is 0 Å². The molecule has 3 rings (SSSR count). The number of ether oxygens (including phenoxy) is 1. The molecule has 2 aliphatic rings. The maximum atomic E-state index is 9.21. The van der Waals surface area contributed by atoms with Gasteiger partial charge in [0.05, 0.1) is 6.10 Å². The molecule has 2 fully saturated rings. The van der Waals surface area contributed by atoms with Crippen LogP contribution in [-0.2, 0) is 17.8 Å². The van der Waals surface area contributed by atoms with Gasteiger partial charge in [0.15, 0.2) is 5.82 Å². The number of rotatable bonds is 4. The Morgan fingerprint density at radius 3 is 2.69 bits per heavy atom. The Balaban J connectivity index is 1.79. The SMILES string of the molecule is OCc1nnc(CC2CCCO2)n1C1CC1. The maximum absolute atomic E-state index is 9.21. The van der Waals surface area contributed by atoms with Crippen molar-refractivity contribution in [1.82, 2.24) is 14.8 Å². The highest BCUT2D eigenvalue weighted by Gasteiger charge is 2.30. The summed E-state index contributed by atoms with van der Waals surface area (Å²) in [7, 11) is 0. The van der Waals surface area contributed by atoms with E-state index in [0.29, 0.717) is 18.0 Å². The van der Waals surface area contributed by atoms with Crippen molar-refractivity contribution in [3.05, 3.63) is 11.6 Å². The molecule has 1 aromatic heterocycles. The molecule has 5 heteroatoms. The second-order valence-corrected chi connectivity index (χ2v) is 4.63. The topological polar surface area (TPSA) is 60.2 Å². The standard InChI is InChI=1S/C11H17N3O2/c15-7-11-13-12-10(14(11)8-3-4-8)6-9-2-1-5-16-9/h8-9,15H,1-7H2. The molecule has 1 aliphatic carbocycles. The molecule has 1 aromatic rings. The summed E-state index contributed by atoms with van der Waals surface area (Å²) < 4.78 is 7.72. The summed E-state index contributed by atoms with van der Waals surface area (Å²) in [4.78, 5) is 0. The van der Waals surface area contributed by atoms with Crippen LogP contribution in [0, 0.1) is 0 Å². The van der Waals surface area contributed by atoms with Crippen LogP contribution in [0.2, 0.25) is 0 Å². The van der Waals surface area contributed by atoms with Crippen molar-refractivity contribution < 1.29 is 9.84 Å². The molecule has 5 nitrogen and oxygen atoms in total. The van der Waals surface area contributed by atoms with Crippen LogP contribution in [0.15, 0.2) is 0 Å². The highest BCUT2D eigenvalue weighted by Crippen LogP contribution is 2.37. The molecule has 2 heterocycles. The van der Waals surface area contributed by atoms with Gasteiger partial charge < -0.3 is 14.4 Å². The molecule has 1 saturated carbocycles. The fourth-order valence-electron chi connectivity index (χ4n) is 2.37. The molecule has 1 N–H and O–H groups in total. The number of aliphatic hydroxyl groups excluding tert-OH is 1. The molecular formula is C11H17N3O2. The van der Waals surface area contributed by atoms with E-state index >= 15 is 0 Å². The van der Waals surface area contributed by atoms with Crippen LogP contribution in [0.5, 0.6) is 0 Å². The van der Waals surface area contributed by atoms with Crippen molar-refractivity contribution in [2.45, 2.75) is 50.9 Å². The quantitative estimate of drug-likeness (QED) is 0.821. The first-order valence-corrected chi connectivity index (χ1v) is 6.03. The lowest BCUT2D eigenvalue weighted by Crippen LogP contribution is -2.14. The number of nitrogens with zero attached hydrogens (tertiary/aromatic N) is 3. The average molecular weight is 223 g/mol. The molecular weight excluding hydrogens is 206 g/mol. The van der Waals surface area contributed by atoms with Gasteiger partial charge in [-0.2, -0.15) is 0 Å². The molecule has 1 aliphatic heterocycles. The third-order valence-electron chi connectivity index (χ3n) is 3.32. The lowest BCUT2D eigenvalue weighted by Gasteiger charge is -2.11. The lowest BCUT2D eigenvalue weighted by molar-refractivity contribution is 0.109. The molecule has 0 aromatic carbocycles. The zero-order valence-electron chi connectivity index (χ0n) is 9.30. The highest BCUT2D eigenvalue weighted by molar-refractivity contribution is 5.03. The zero-order valence-corrected chi connectivity index (χ0v) is 9.30. The Kier molecular flexibility index (Phi) is 2.65. The monoisotopic (exact) mass is 223 g/mol. The summed E-state index contributed by atoms with van der Waals surface area (Å²) >= 11 is 0. The Labute approximate surface area is 94.4 Å². The summed E-state index contributed by atoms with van der Waals surface area (Å²) in [6.45, 7) is 0.851. The summed E-state index contributed by atoms with van der Waals surface area (Å²) in [6, 6.07) is 0.522. The first-order chi connectivity index (χ1) is 7.88. The highest BCUT2D eigenvalue weighted by atomic mass is 16.5. The van der Waals surface area contributed by atoms with Gasteiger partial charge in [-0.3, -0.25) is 0 Å². The van der Waals surface area contributed by atoms with E-state index in [1.807, 2.05) is 0 Å². The Bertz CT molecular complexity index is 367. The normalized spacial score (nSPS) is 25.2. The van der Waals surface area contributed by atoms with Gasteiger partial charge in [0.2, 0.25) is 0 Å². The number of hydrogen-bond donors (Lipinski definition) is 1. The van der Waals surface area contributed by atoms with Crippen molar-refractivity contribution in [2.75, 3.05) is 6.61 Å². The van der Waals surface area contributed by atoms with E-state index in [-0.39, 0.29) is 6.61 Å². The van der Waals surface area contributed by atoms with Crippen LogP contribution in [-0.4, -0.2) is 32.6 Å². The largest absolute Gasteiger partial charge is 0.388 e. The van der Waals surface area contributed by atoms with Crippen LogP contribution in [0.3, 0.4) is 0 Å². The van der Waals surface area contributed by atoms with Crippen LogP contribution < -0.4 is 0 Å². The Morgan fingerprint density at radius 1 is 1.25 bits per heavy atom. The number of aromatic nitrogens is 3. The minimum absolute atomic E-state index is 0.0188. The molecule has 0 amide bonds. The van der Waals surface area contributed by atoms with Gasteiger partial charge in [-0.15, -0.1) is 10.2 Å². The summed E-state index contributed by atoms with van der Waals surface area (Å²) in [5.41, 5.74) is 0. The summed E-state index contributed by atoms with van der Waals surface area (Å²) in [5, 5.41) is 17.4. The zero-order chi connectivity index (χ0) is 11.0. The van der Waals surface area contributed by atoms with Crippen molar-refractivity contribution in [3.8, 4) is 0 Å². The van der Waals surface area contributed by atoms with Gasteiger partial charge in [-0.25, -0.2) is 0 Å². The fraction of sp³-hybridized carbons (Fsp3) is 0.818. The van der Waals surface area contributed by atoms with Crippen LogP contribution in [0.1, 0.15) is 43.4 Å². The van der Waals surface area contributed by atoms with Crippen molar-refractivity contribution in [2.24, 2.45) is 0 Å². The van der Waals surface area contributed by atoms with E-state index in [0.717, 1.165) is 31.7 Å². The van der Waals surface area contributed by atoms with E-state index < -0.39 is 0 Å². The Hall–Kier alpha value is -0.940. The number of hydrogen-bond acceptors (Lipinski definition) is 4. The first kappa shape index (κ1) is 10.2. The molecule has 88 valence electrons. The molecule has 16 heavy (non-hydrogen) atoms. The van der Waals surface area contributed by atoms with Gasteiger partial charge in [0.1, 0.15) is 12.4 Å². The minimum atomic E-state index is -0.0188. The van der Waals surface area contributed by atoms with E-state index in [1.54, 1.807) is 0 Å². The molecule has 1 atom stereocenters. The van der Waals surface area contributed by atoms with Gasteiger partial charge in [0, 0.05) is 19.1 Å². The molecule has 1 unspecified atom stereocenters. The van der Waals surface area contributed by atoms with E-state index in [9.17, 15) is 5.11 Å². The maximum Gasteiger partial charge on any atom is 0.159 e. The summed E-state index contributed by atoms with van der Waals surface area (Å²) in [5.74, 6) is 1.69. The summed E-state index contributed by atoms with van der Waals surface area (Å²) in [6.07, 6.45) is 5.77. The van der Waals surface area contributed by atoms with E-state index in [2.05, 4.69) is 14.8 Å². The Morgan fingerprint density at radius 2 is 2.06 bits per heavy atom. The second kappa shape index (κ2) is 4.14. The molecule has 0 radical (unpaired) electrons. The lowest BCUT2D eigenvalue weighted by atomic mass is 10.2. The van der Waals surface area contributed by atoms with Gasteiger partial charge in [0.25, 0.3) is 0 Å².